The highest BCUT2D eigenvalue weighted by Gasteiger charge is 2.29. The third kappa shape index (κ3) is 3.09. The number of aromatic nitrogens is 1. The highest BCUT2D eigenvalue weighted by molar-refractivity contribution is 5.67. The molecule has 0 aliphatic carbocycles. The fraction of sp³-hybridized carbons (Fsp3) is 0.292. The van der Waals surface area contributed by atoms with Crippen LogP contribution in [0.5, 0.6) is 5.75 Å². The molecule has 0 unspecified atom stereocenters. The second-order valence-electron chi connectivity index (χ2n) is 7.41. The van der Waals surface area contributed by atoms with Crippen LogP contribution in [0.2, 0.25) is 0 Å². The van der Waals surface area contributed by atoms with Crippen LogP contribution in [0.3, 0.4) is 0 Å². The van der Waals surface area contributed by atoms with Gasteiger partial charge in [-0.1, -0.05) is 30.3 Å². The first-order chi connectivity index (χ1) is 13.8. The predicted molar refractivity (Wildman–Crippen MR) is 109 cm³/mol. The molecule has 4 nitrogen and oxygen atoms in total. The quantitative estimate of drug-likeness (QED) is 0.748. The number of nitrogens with one attached hydrogen (secondary N) is 1. The van der Waals surface area contributed by atoms with Crippen molar-refractivity contribution < 1.29 is 9.47 Å². The fourth-order valence-electron chi connectivity index (χ4n) is 4.30. The molecular weight excluding hydrogens is 348 g/mol. The number of pyridine rings is 1. The molecule has 2 aromatic carbocycles. The van der Waals surface area contributed by atoms with Gasteiger partial charge in [0.15, 0.2) is 0 Å². The van der Waals surface area contributed by atoms with Crippen LogP contribution in [-0.2, 0) is 30.7 Å². The Hall–Kier alpha value is -2.69. The topological polar surface area (TPSA) is 43.4 Å². The van der Waals surface area contributed by atoms with E-state index in [4.69, 9.17) is 14.5 Å². The molecule has 0 saturated carbocycles. The Morgan fingerprint density at radius 3 is 2.61 bits per heavy atom. The second-order valence-corrected chi connectivity index (χ2v) is 7.41. The van der Waals surface area contributed by atoms with E-state index in [1.165, 1.54) is 27.9 Å². The molecule has 4 heteroatoms. The molecule has 0 bridgehead atoms. The molecular formula is C24H24N2O2. The normalized spacial score (nSPS) is 18.2. The van der Waals surface area contributed by atoms with E-state index in [1.54, 1.807) is 7.11 Å². The summed E-state index contributed by atoms with van der Waals surface area (Å²) >= 11 is 0. The molecule has 1 atom stereocenters. The van der Waals surface area contributed by atoms with Gasteiger partial charge in [0.05, 0.1) is 25.5 Å². The first-order valence-corrected chi connectivity index (χ1v) is 9.88. The lowest BCUT2D eigenvalue weighted by molar-refractivity contribution is 0.0267. The summed E-state index contributed by atoms with van der Waals surface area (Å²) in [5, 5.41) is 3.50. The van der Waals surface area contributed by atoms with Crippen LogP contribution < -0.4 is 10.1 Å². The Bertz CT molecular complexity index is 984. The zero-order chi connectivity index (χ0) is 18.9. The molecule has 0 amide bonds. The Morgan fingerprint density at radius 2 is 1.82 bits per heavy atom. The average molecular weight is 372 g/mol. The Balaban J connectivity index is 1.62. The number of ether oxygens (including phenoxy) is 2. The van der Waals surface area contributed by atoms with Gasteiger partial charge >= 0.3 is 0 Å². The molecule has 2 aliphatic rings. The van der Waals surface area contributed by atoms with Gasteiger partial charge in [-0.15, -0.1) is 0 Å². The number of benzene rings is 2. The van der Waals surface area contributed by atoms with Crippen LogP contribution in [0.4, 0.5) is 0 Å². The van der Waals surface area contributed by atoms with Gasteiger partial charge in [0, 0.05) is 37.2 Å². The minimum atomic E-state index is 0.0714. The van der Waals surface area contributed by atoms with E-state index in [-0.39, 0.29) is 6.10 Å². The summed E-state index contributed by atoms with van der Waals surface area (Å²) in [6, 6.07) is 18.8. The Kier molecular flexibility index (Phi) is 4.59. The molecule has 142 valence electrons. The zero-order valence-electron chi connectivity index (χ0n) is 16.1. The van der Waals surface area contributed by atoms with Crippen LogP contribution in [0, 0.1) is 0 Å². The maximum Gasteiger partial charge on any atom is 0.118 e. The highest BCUT2D eigenvalue weighted by atomic mass is 16.5. The van der Waals surface area contributed by atoms with Gasteiger partial charge in [0.2, 0.25) is 0 Å². The molecule has 3 aromatic rings. The lowest BCUT2D eigenvalue weighted by atomic mass is 9.87. The first-order valence-electron chi connectivity index (χ1n) is 9.88. The zero-order valence-corrected chi connectivity index (χ0v) is 16.1. The van der Waals surface area contributed by atoms with Gasteiger partial charge in [0.25, 0.3) is 0 Å². The van der Waals surface area contributed by atoms with Gasteiger partial charge in [-0.05, 0) is 46.5 Å². The van der Waals surface area contributed by atoms with Gasteiger partial charge in [0.1, 0.15) is 5.75 Å². The smallest absolute Gasteiger partial charge is 0.118 e. The van der Waals surface area contributed by atoms with Crippen LogP contribution in [0.25, 0.3) is 11.3 Å². The van der Waals surface area contributed by atoms with Crippen LogP contribution in [-0.4, -0.2) is 18.6 Å². The molecule has 1 aromatic heterocycles. The molecule has 2 aliphatic heterocycles. The van der Waals surface area contributed by atoms with Gasteiger partial charge in [-0.25, -0.2) is 0 Å². The molecule has 0 fully saturated rings. The summed E-state index contributed by atoms with van der Waals surface area (Å²) in [7, 11) is 1.70. The van der Waals surface area contributed by atoms with Crippen LogP contribution in [0.15, 0.2) is 54.6 Å². The van der Waals surface area contributed by atoms with Gasteiger partial charge < -0.3 is 14.8 Å². The van der Waals surface area contributed by atoms with Gasteiger partial charge in [-0.2, -0.15) is 0 Å². The SMILES string of the molecule is COc1ccc(-c2nc3c(c4c2C[C@H](c2ccccc2)OC4)CNCC3)cc1. The van der Waals surface area contributed by atoms with Crippen molar-refractivity contribution in [2.24, 2.45) is 0 Å². The Morgan fingerprint density at radius 1 is 1.00 bits per heavy atom. The van der Waals surface area contributed by atoms with E-state index in [1.807, 2.05) is 18.2 Å². The van der Waals surface area contributed by atoms with E-state index in [9.17, 15) is 0 Å². The van der Waals surface area contributed by atoms with Crippen molar-refractivity contribution >= 4 is 0 Å². The van der Waals surface area contributed by atoms with Crippen molar-refractivity contribution in [3.05, 3.63) is 82.5 Å². The first kappa shape index (κ1) is 17.4. The highest BCUT2D eigenvalue weighted by Crippen LogP contribution is 2.38. The van der Waals surface area contributed by atoms with E-state index in [0.717, 1.165) is 42.9 Å². The molecule has 0 spiro atoms. The lowest BCUT2D eigenvalue weighted by Gasteiger charge is -2.31. The van der Waals surface area contributed by atoms with E-state index >= 15 is 0 Å². The predicted octanol–water partition coefficient (Wildman–Crippen LogP) is 4.22. The summed E-state index contributed by atoms with van der Waals surface area (Å²) in [4.78, 5) is 5.14. The third-order valence-corrected chi connectivity index (χ3v) is 5.80. The van der Waals surface area contributed by atoms with E-state index in [2.05, 4.69) is 41.7 Å². The monoisotopic (exact) mass is 372 g/mol. The largest absolute Gasteiger partial charge is 0.497 e. The molecule has 1 N–H and O–H groups in total. The number of hydrogen-bond donors (Lipinski definition) is 1. The van der Waals surface area contributed by atoms with Crippen molar-refractivity contribution in [1.82, 2.24) is 10.3 Å². The summed E-state index contributed by atoms with van der Waals surface area (Å²) in [5.74, 6) is 0.866. The van der Waals surface area contributed by atoms with Crippen molar-refractivity contribution in [1.29, 1.82) is 0 Å². The average Bonchev–Trinajstić information content (AvgIpc) is 2.79. The molecule has 0 saturated heterocycles. The van der Waals surface area contributed by atoms with Gasteiger partial charge in [-0.3, -0.25) is 4.98 Å². The third-order valence-electron chi connectivity index (χ3n) is 5.80. The fourth-order valence-corrected chi connectivity index (χ4v) is 4.30. The van der Waals surface area contributed by atoms with E-state index < -0.39 is 0 Å². The number of hydrogen-bond acceptors (Lipinski definition) is 4. The summed E-state index contributed by atoms with van der Waals surface area (Å²) in [6.45, 7) is 2.51. The Labute approximate surface area is 165 Å². The van der Waals surface area contributed by atoms with Crippen molar-refractivity contribution in [2.45, 2.75) is 32.1 Å². The summed E-state index contributed by atoms with van der Waals surface area (Å²) in [5.41, 5.74) is 8.68. The minimum Gasteiger partial charge on any atom is -0.497 e. The molecule has 0 radical (unpaired) electrons. The number of fused-ring (bicyclic) bond motifs is 3. The van der Waals surface area contributed by atoms with Crippen molar-refractivity contribution in [2.75, 3.05) is 13.7 Å². The molecule has 28 heavy (non-hydrogen) atoms. The van der Waals surface area contributed by atoms with Crippen LogP contribution in [0.1, 0.15) is 34.1 Å². The maximum absolute atomic E-state index is 6.31. The lowest BCUT2D eigenvalue weighted by Crippen LogP contribution is -2.29. The number of rotatable bonds is 3. The number of methoxy groups -OCH3 is 1. The second kappa shape index (κ2) is 7.38. The standard InChI is InChI=1S/C24H24N2O2/c1-27-18-9-7-17(8-10-18)24-19-13-23(16-5-3-2-4-6-16)28-15-21(19)20-14-25-12-11-22(20)26-24/h2-10,23,25H,11-15H2,1H3/t23-/m1/s1. The summed E-state index contributed by atoms with van der Waals surface area (Å²) < 4.78 is 11.6. The van der Waals surface area contributed by atoms with Crippen LogP contribution >= 0.6 is 0 Å². The maximum atomic E-state index is 6.31. The van der Waals surface area contributed by atoms with E-state index in [0.29, 0.717) is 6.61 Å². The number of nitrogens with zero attached hydrogens (tertiary/aromatic N) is 1. The summed E-state index contributed by atoms with van der Waals surface area (Å²) in [6.07, 6.45) is 1.89. The molecule has 5 rings (SSSR count). The molecule has 3 heterocycles. The minimum absolute atomic E-state index is 0.0714. The van der Waals surface area contributed by atoms with Crippen molar-refractivity contribution in [3.63, 3.8) is 0 Å². The van der Waals surface area contributed by atoms with Crippen molar-refractivity contribution in [3.8, 4) is 17.0 Å².